The van der Waals surface area contributed by atoms with Crippen LogP contribution in [0.25, 0.3) is 0 Å². The maximum absolute atomic E-state index is 11.0. The van der Waals surface area contributed by atoms with Crippen molar-refractivity contribution in [2.24, 2.45) is 0 Å². The van der Waals surface area contributed by atoms with E-state index in [2.05, 4.69) is 20.6 Å². The normalized spacial score (nSPS) is 10.4. The number of nitrogens with zero attached hydrogens (tertiary/aromatic N) is 3. The van der Waals surface area contributed by atoms with Crippen molar-refractivity contribution in [3.05, 3.63) is 40.0 Å². The summed E-state index contributed by atoms with van der Waals surface area (Å²) in [6, 6.07) is 3.64. The van der Waals surface area contributed by atoms with E-state index in [9.17, 15) is 10.1 Å². The zero-order chi connectivity index (χ0) is 15.2. The van der Waals surface area contributed by atoms with E-state index in [1.807, 2.05) is 26.0 Å². The van der Waals surface area contributed by atoms with E-state index in [0.717, 1.165) is 12.2 Å². The molecule has 0 aliphatic rings. The van der Waals surface area contributed by atoms with Gasteiger partial charge >= 0.3 is 5.69 Å². The maximum Gasteiger partial charge on any atom is 0.329 e. The van der Waals surface area contributed by atoms with Gasteiger partial charge < -0.3 is 15.1 Å². The average molecular weight is 291 g/mol. The smallest absolute Gasteiger partial charge is 0.329 e. The molecule has 2 rings (SSSR count). The Morgan fingerprint density at radius 3 is 2.81 bits per heavy atom. The molecule has 0 saturated heterocycles. The van der Waals surface area contributed by atoms with Gasteiger partial charge in [-0.3, -0.25) is 10.1 Å². The molecule has 8 nitrogen and oxygen atoms in total. The van der Waals surface area contributed by atoms with Crippen molar-refractivity contribution in [2.75, 3.05) is 17.2 Å². The summed E-state index contributed by atoms with van der Waals surface area (Å²) < 4.78 is 5.41. The van der Waals surface area contributed by atoms with Crippen LogP contribution in [0.15, 0.2) is 22.7 Å². The number of anilines is 2. The zero-order valence-corrected chi connectivity index (χ0v) is 11.9. The topological polar surface area (TPSA) is 106 Å². The molecule has 0 fully saturated rings. The lowest BCUT2D eigenvalue weighted by Crippen LogP contribution is -2.09. The van der Waals surface area contributed by atoms with Crippen LogP contribution in [0.2, 0.25) is 0 Å². The Balaban J connectivity index is 2.15. The van der Waals surface area contributed by atoms with Crippen LogP contribution in [0.4, 0.5) is 17.5 Å². The molecule has 0 saturated carbocycles. The second-order valence-electron chi connectivity index (χ2n) is 4.48. The van der Waals surface area contributed by atoms with Gasteiger partial charge in [0.15, 0.2) is 0 Å². The first-order valence-corrected chi connectivity index (χ1v) is 6.64. The first-order valence-electron chi connectivity index (χ1n) is 6.64. The number of aromatic nitrogens is 2. The Hall–Kier alpha value is -2.64. The summed E-state index contributed by atoms with van der Waals surface area (Å²) in [7, 11) is 0. The van der Waals surface area contributed by atoms with E-state index in [0.29, 0.717) is 24.8 Å². The van der Waals surface area contributed by atoms with Crippen LogP contribution >= 0.6 is 0 Å². The molecule has 0 bridgehead atoms. The molecule has 2 aromatic rings. The Morgan fingerprint density at radius 1 is 1.38 bits per heavy atom. The number of rotatable bonds is 7. The number of aryl methyl sites for hydroxylation is 1. The van der Waals surface area contributed by atoms with E-state index in [-0.39, 0.29) is 11.5 Å². The third-order valence-corrected chi connectivity index (χ3v) is 2.73. The van der Waals surface area contributed by atoms with E-state index < -0.39 is 4.92 Å². The van der Waals surface area contributed by atoms with E-state index in [1.54, 1.807) is 0 Å². The number of nitrogens with one attached hydrogen (secondary N) is 2. The number of hydrogen-bond donors (Lipinski definition) is 2. The van der Waals surface area contributed by atoms with Crippen molar-refractivity contribution >= 4 is 17.5 Å². The highest BCUT2D eigenvalue weighted by molar-refractivity contribution is 5.56. The summed E-state index contributed by atoms with van der Waals surface area (Å²) in [4.78, 5) is 18.6. The minimum Gasteiger partial charge on any atom is -0.465 e. The van der Waals surface area contributed by atoms with Crippen molar-refractivity contribution in [1.82, 2.24) is 9.97 Å². The maximum atomic E-state index is 11.0. The van der Waals surface area contributed by atoms with Crippen LogP contribution in [0, 0.1) is 17.0 Å². The van der Waals surface area contributed by atoms with E-state index in [1.165, 1.54) is 6.20 Å². The van der Waals surface area contributed by atoms with Gasteiger partial charge in [-0.1, -0.05) is 6.92 Å². The molecule has 2 heterocycles. The highest BCUT2D eigenvalue weighted by Gasteiger charge is 2.17. The van der Waals surface area contributed by atoms with Crippen molar-refractivity contribution in [2.45, 2.75) is 26.8 Å². The molecule has 0 atom stereocenters. The SMILES string of the molecule is CCCNc1ncc([N+](=O)[O-])c(NCc2ccc(C)o2)n1. The van der Waals surface area contributed by atoms with Crippen LogP contribution < -0.4 is 10.6 Å². The fraction of sp³-hybridized carbons (Fsp3) is 0.385. The Bertz CT molecular complexity index is 626. The van der Waals surface area contributed by atoms with Gasteiger partial charge in [0.25, 0.3) is 0 Å². The third kappa shape index (κ3) is 3.91. The summed E-state index contributed by atoms with van der Waals surface area (Å²) in [5.41, 5.74) is -0.166. The quantitative estimate of drug-likeness (QED) is 0.596. The molecule has 0 unspecified atom stereocenters. The molecule has 0 spiro atoms. The second kappa shape index (κ2) is 6.69. The summed E-state index contributed by atoms with van der Waals surface area (Å²) in [6.07, 6.45) is 2.11. The molecule has 0 radical (unpaired) electrons. The van der Waals surface area contributed by atoms with Crippen LogP contribution in [0.1, 0.15) is 24.9 Å². The first-order chi connectivity index (χ1) is 10.1. The lowest BCUT2D eigenvalue weighted by molar-refractivity contribution is -0.384. The molecule has 21 heavy (non-hydrogen) atoms. The summed E-state index contributed by atoms with van der Waals surface area (Å²) in [6.45, 7) is 4.87. The fourth-order valence-electron chi connectivity index (χ4n) is 1.71. The van der Waals surface area contributed by atoms with Gasteiger partial charge in [0, 0.05) is 6.54 Å². The standard InChI is InChI=1S/C13H17N5O3/c1-3-6-14-13-16-8-11(18(19)20)12(17-13)15-7-10-5-4-9(2)21-10/h4-5,8H,3,6-7H2,1-2H3,(H2,14,15,16,17). The second-order valence-corrected chi connectivity index (χ2v) is 4.48. The van der Waals surface area contributed by atoms with Crippen LogP contribution in [0.5, 0.6) is 0 Å². The summed E-state index contributed by atoms with van der Waals surface area (Å²) >= 11 is 0. The first kappa shape index (κ1) is 14.8. The highest BCUT2D eigenvalue weighted by Crippen LogP contribution is 2.22. The van der Waals surface area contributed by atoms with E-state index in [4.69, 9.17) is 4.42 Å². The van der Waals surface area contributed by atoms with Crippen molar-refractivity contribution in [3.63, 3.8) is 0 Å². The van der Waals surface area contributed by atoms with Gasteiger partial charge in [0.2, 0.25) is 11.8 Å². The van der Waals surface area contributed by atoms with Gasteiger partial charge in [-0.25, -0.2) is 4.98 Å². The highest BCUT2D eigenvalue weighted by atomic mass is 16.6. The Morgan fingerprint density at radius 2 is 2.19 bits per heavy atom. The Kier molecular flexibility index (Phi) is 4.70. The third-order valence-electron chi connectivity index (χ3n) is 2.73. The van der Waals surface area contributed by atoms with Crippen molar-refractivity contribution in [3.8, 4) is 0 Å². The van der Waals surface area contributed by atoms with Crippen molar-refractivity contribution in [1.29, 1.82) is 0 Å². The lowest BCUT2D eigenvalue weighted by Gasteiger charge is -2.07. The molecule has 0 aliphatic heterocycles. The number of hydrogen-bond acceptors (Lipinski definition) is 7. The van der Waals surface area contributed by atoms with Gasteiger partial charge in [-0.05, 0) is 25.5 Å². The molecule has 112 valence electrons. The van der Waals surface area contributed by atoms with Gasteiger partial charge in [-0.2, -0.15) is 4.98 Å². The minimum atomic E-state index is -0.515. The molecule has 0 aromatic carbocycles. The van der Waals surface area contributed by atoms with Crippen LogP contribution in [-0.2, 0) is 6.54 Å². The van der Waals surface area contributed by atoms with Crippen molar-refractivity contribution < 1.29 is 9.34 Å². The predicted molar refractivity (Wildman–Crippen MR) is 78.2 cm³/mol. The average Bonchev–Trinajstić information content (AvgIpc) is 2.88. The lowest BCUT2D eigenvalue weighted by atomic mass is 10.4. The number of furan rings is 1. The van der Waals surface area contributed by atoms with Crippen LogP contribution in [0.3, 0.4) is 0 Å². The fourth-order valence-corrected chi connectivity index (χ4v) is 1.71. The molecular formula is C13H17N5O3. The van der Waals surface area contributed by atoms with Crippen LogP contribution in [-0.4, -0.2) is 21.4 Å². The molecule has 0 amide bonds. The largest absolute Gasteiger partial charge is 0.465 e. The molecule has 2 N–H and O–H groups in total. The van der Waals surface area contributed by atoms with E-state index >= 15 is 0 Å². The monoisotopic (exact) mass is 291 g/mol. The molecular weight excluding hydrogens is 274 g/mol. The van der Waals surface area contributed by atoms with Gasteiger partial charge in [0.05, 0.1) is 11.5 Å². The molecule has 8 heteroatoms. The summed E-state index contributed by atoms with van der Waals surface area (Å²) in [5, 5.41) is 16.9. The van der Waals surface area contributed by atoms with Gasteiger partial charge in [0.1, 0.15) is 17.7 Å². The number of nitro groups is 1. The van der Waals surface area contributed by atoms with Gasteiger partial charge in [-0.15, -0.1) is 0 Å². The molecule has 2 aromatic heterocycles. The minimum absolute atomic E-state index is 0.166. The summed E-state index contributed by atoms with van der Waals surface area (Å²) in [5.74, 6) is 2.00. The predicted octanol–water partition coefficient (Wildman–Crippen LogP) is 2.72. The zero-order valence-electron chi connectivity index (χ0n) is 11.9. The molecule has 0 aliphatic carbocycles. The Labute approximate surface area is 121 Å².